The lowest BCUT2D eigenvalue weighted by Gasteiger charge is -2.32. The maximum atomic E-state index is 6.00. The number of likely N-dealkylation sites (tertiary alicyclic amines) is 1. The molecule has 0 aromatic carbocycles. The Morgan fingerprint density at radius 2 is 2.19 bits per heavy atom. The molecule has 0 unspecified atom stereocenters. The predicted molar refractivity (Wildman–Crippen MR) is 81.9 cm³/mol. The average Bonchev–Trinajstić information content (AvgIpc) is 3.00. The van der Waals surface area contributed by atoms with Gasteiger partial charge in [-0.25, -0.2) is 4.98 Å². The van der Waals surface area contributed by atoms with Gasteiger partial charge in [0.1, 0.15) is 5.82 Å². The molecule has 5 nitrogen and oxygen atoms in total. The molecule has 0 bridgehead atoms. The standard InChI is InChI=1S/C16H25N3O2/c17-16-10-13(3-6-18-16)11-19-7-4-14(5-8-19)21-12-15-2-1-9-20-15/h3,6,10,14-15H,1-2,4-5,7-9,11-12H2,(H2,17,18)/t15-/m1/s1. The second kappa shape index (κ2) is 7.20. The highest BCUT2D eigenvalue weighted by atomic mass is 16.5. The first-order valence-corrected chi connectivity index (χ1v) is 7.95. The molecule has 116 valence electrons. The Labute approximate surface area is 126 Å². The summed E-state index contributed by atoms with van der Waals surface area (Å²) >= 11 is 0. The van der Waals surface area contributed by atoms with Gasteiger partial charge in [0, 0.05) is 32.4 Å². The number of rotatable bonds is 5. The fourth-order valence-corrected chi connectivity index (χ4v) is 3.10. The lowest BCUT2D eigenvalue weighted by molar-refractivity contribution is -0.0426. The number of nitrogen functional groups attached to an aromatic ring is 1. The highest BCUT2D eigenvalue weighted by Crippen LogP contribution is 2.19. The van der Waals surface area contributed by atoms with E-state index < -0.39 is 0 Å². The van der Waals surface area contributed by atoms with Gasteiger partial charge in [-0.1, -0.05) is 0 Å². The molecule has 2 aliphatic rings. The largest absolute Gasteiger partial charge is 0.384 e. The molecule has 2 N–H and O–H groups in total. The van der Waals surface area contributed by atoms with Crippen LogP contribution in [0.2, 0.25) is 0 Å². The van der Waals surface area contributed by atoms with E-state index in [0.29, 0.717) is 18.0 Å². The number of nitrogens with zero attached hydrogens (tertiary/aromatic N) is 2. The monoisotopic (exact) mass is 291 g/mol. The van der Waals surface area contributed by atoms with E-state index in [2.05, 4.69) is 9.88 Å². The SMILES string of the molecule is Nc1cc(CN2CCC(OC[C@H]3CCCO3)CC2)ccn1. The Morgan fingerprint density at radius 1 is 1.33 bits per heavy atom. The molecule has 0 radical (unpaired) electrons. The van der Waals surface area contributed by atoms with Crippen molar-refractivity contribution in [2.24, 2.45) is 0 Å². The zero-order valence-corrected chi connectivity index (χ0v) is 12.5. The van der Waals surface area contributed by atoms with Gasteiger partial charge < -0.3 is 15.2 Å². The van der Waals surface area contributed by atoms with Gasteiger partial charge in [-0.05, 0) is 43.4 Å². The number of aromatic nitrogens is 1. The van der Waals surface area contributed by atoms with Crippen molar-refractivity contribution in [1.29, 1.82) is 0 Å². The number of pyridine rings is 1. The molecule has 0 spiro atoms. The molecular formula is C16H25N3O2. The van der Waals surface area contributed by atoms with Crippen LogP contribution in [0.15, 0.2) is 18.3 Å². The highest BCUT2D eigenvalue weighted by molar-refractivity contribution is 5.31. The third-order valence-corrected chi connectivity index (χ3v) is 4.33. The van der Waals surface area contributed by atoms with E-state index in [1.54, 1.807) is 6.20 Å². The summed E-state index contributed by atoms with van der Waals surface area (Å²) in [7, 11) is 0. The number of hydrogen-bond acceptors (Lipinski definition) is 5. The maximum Gasteiger partial charge on any atom is 0.123 e. The lowest BCUT2D eigenvalue weighted by atomic mass is 10.1. The van der Waals surface area contributed by atoms with E-state index in [9.17, 15) is 0 Å². The van der Waals surface area contributed by atoms with Crippen LogP contribution < -0.4 is 5.73 Å². The van der Waals surface area contributed by atoms with Crippen LogP contribution in [0.25, 0.3) is 0 Å². The van der Waals surface area contributed by atoms with Crippen LogP contribution in [0.1, 0.15) is 31.2 Å². The zero-order valence-electron chi connectivity index (χ0n) is 12.5. The Kier molecular flexibility index (Phi) is 5.06. The van der Waals surface area contributed by atoms with E-state index in [0.717, 1.165) is 52.1 Å². The van der Waals surface area contributed by atoms with Gasteiger partial charge in [-0.2, -0.15) is 0 Å². The first-order valence-electron chi connectivity index (χ1n) is 7.95. The van der Waals surface area contributed by atoms with Gasteiger partial charge >= 0.3 is 0 Å². The van der Waals surface area contributed by atoms with Crippen molar-refractivity contribution < 1.29 is 9.47 Å². The van der Waals surface area contributed by atoms with Crippen molar-refractivity contribution in [3.05, 3.63) is 23.9 Å². The minimum absolute atomic E-state index is 0.336. The minimum atomic E-state index is 0.336. The van der Waals surface area contributed by atoms with Gasteiger partial charge in [0.25, 0.3) is 0 Å². The van der Waals surface area contributed by atoms with Crippen molar-refractivity contribution in [1.82, 2.24) is 9.88 Å². The van der Waals surface area contributed by atoms with Crippen molar-refractivity contribution in [3.8, 4) is 0 Å². The Hall–Kier alpha value is -1.17. The first-order chi connectivity index (χ1) is 10.3. The fourth-order valence-electron chi connectivity index (χ4n) is 3.10. The number of ether oxygens (including phenoxy) is 2. The van der Waals surface area contributed by atoms with E-state index in [4.69, 9.17) is 15.2 Å². The summed E-state index contributed by atoms with van der Waals surface area (Å²) in [5, 5.41) is 0. The third-order valence-electron chi connectivity index (χ3n) is 4.33. The Balaban J connectivity index is 1.38. The number of nitrogens with two attached hydrogens (primary N) is 1. The van der Waals surface area contributed by atoms with Gasteiger partial charge in [0.15, 0.2) is 0 Å². The molecule has 21 heavy (non-hydrogen) atoms. The summed E-state index contributed by atoms with van der Waals surface area (Å²) in [5.74, 6) is 0.599. The van der Waals surface area contributed by atoms with Crippen LogP contribution in [-0.4, -0.2) is 48.4 Å². The zero-order chi connectivity index (χ0) is 14.5. The molecule has 2 aliphatic heterocycles. The molecule has 1 aromatic rings. The quantitative estimate of drug-likeness (QED) is 0.896. The van der Waals surface area contributed by atoms with Gasteiger partial charge in [0.2, 0.25) is 0 Å². The smallest absolute Gasteiger partial charge is 0.123 e. The summed E-state index contributed by atoms with van der Waals surface area (Å²) in [6.07, 6.45) is 7.06. The van der Waals surface area contributed by atoms with Gasteiger partial charge in [-0.3, -0.25) is 4.90 Å². The van der Waals surface area contributed by atoms with E-state index in [1.807, 2.05) is 12.1 Å². The molecule has 2 saturated heterocycles. The summed E-state index contributed by atoms with van der Waals surface area (Å²) in [5.41, 5.74) is 6.96. The topological polar surface area (TPSA) is 60.6 Å². The Bertz CT molecular complexity index is 441. The van der Waals surface area contributed by atoms with Gasteiger partial charge in [0.05, 0.1) is 18.8 Å². The molecule has 5 heteroatoms. The Morgan fingerprint density at radius 3 is 2.90 bits per heavy atom. The molecule has 3 heterocycles. The molecule has 1 atom stereocenters. The van der Waals surface area contributed by atoms with Crippen LogP contribution in [0.4, 0.5) is 5.82 Å². The van der Waals surface area contributed by atoms with Crippen molar-refractivity contribution in [2.75, 3.05) is 32.0 Å². The van der Waals surface area contributed by atoms with Crippen LogP contribution in [0, 0.1) is 0 Å². The number of piperidine rings is 1. The second-order valence-electron chi connectivity index (χ2n) is 6.03. The minimum Gasteiger partial charge on any atom is -0.384 e. The van der Waals surface area contributed by atoms with Crippen LogP contribution in [0.3, 0.4) is 0 Å². The lowest BCUT2D eigenvalue weighted by Crippen LogP contribution is -2.37. The molecule has 3 rings (SSSR count). The summed E-state index contributed by atoms with van der Waals surface area (Å²) in [4.78, 5) is 6.49. The molecule has 0 saturated carbocycles. The van der Waals surface area contributed by atoms with E-state index in [-0.39, 0.29) is 0 Å². The van der Waals surface area contributed by atoms with Crippen molar-refractivity contribution >= 4 is 5.82 Å². The molecule has 0 amide bonds. The summed E-state index contributed by atoms with van der Waals surface area (Å²) in [6.45, 7) is 4.79. The van der Waals surface area contributed by atoms with Crippen LogP contribution in [0.5, 0.6) is 0 Å². The summed E-state index contributed by atoms with van der Waals surface area (Å²) < 4.78 is 11.6. The van der Waals surface area contributed by atoms with Crippen molar-refractivity contribution in [3.63, 3.8) is 0 Å². The van der Waals surface area contributed by atoms with E-state index >= 15 is 0 Å². The molecule has 1 aromatic heterocycles. The van der Waals surface area contributed by atoms with E-state index in [1.165, 1.54) is 12.0 Å². The maximum absolute atomic E-state index is 6.00. The average molecular weight is 291 g/mol. The van der Waals surface area contributed by atoms with Crippen molar-refractivity contribution in [2.45, 2.75) is 44.4 Å². The van der Waals surface area contributed by atoms with Crippen LogP contribution in [-0.2, 0) is 16.0 Å². The molecular weight excluding hydrogens is 266 g/mol. The fraction of sp³-hybridized carbons (Fsp3) is 0.688. The normalized spacial score (nSPS) is 24.5. The van der Waals surface area contributed by atoms with Gasteiger partial charge in [-0.15, -0.1) is 0 Å². The molecule has 0 aliphatic carbocycles. The van der Waals surface area contributed by atoms with Crippen LogP contribution >= 0.6 is 0 Å². The second-order valence-corrected chi connectivity index (χ2v) is 6.03. The first kappa shape index (κ1) is 14.8. The number of anilines is 1. The predicted octanol–water partition coefficient (Wildman–Crippen LogP) is 1.82. The molecule has 2 fully saturated rings. The summed E-state index contributed by atoms with van der Waals surface area (Å²) in [6, 6.07) is 4.00. The highest BCUT2D eigenvalue weighted by Gasteiger charge is 2.22. The third kappa shape index (κ3) is 4.40. The number of hydrogen-bond donors (Lipinski definition) is 1.